The van der Waals surface area contributed by atoms with Gasteiger partial charge >= 0.3 is 0 Å². The molecular weight excluding hydrogens is 292 g/mol. The van der Waals surface area contributed by atoms with E-state index < -0.39 is 10.0 Å². The van der Waals surface area contributed by atoms with Crippen molar-refractivity contribution in [2.24, 2.45) is 0 Å². The molecule has 21 heavy (non-hydrogen) atoms. The van der Waals surface area contributed by atoms with E-state index in [2.05, 4.69) is 20.2 Å². The molecule has 8 heteroatoms. The van der Waals surface area contributed by atoms with Gasteiger partial charge in [0.25, 0.3) is 0 Å². The van der Waals surface area contributed by atoms with Crippen LogP contribution in [0.1, 0.15) is 30.2 Å². The van der Waals surface area contributed by atoms with Crippen molar-refractivity contribution in [3.8, 4) is 0 Å². The predicted molar refractivity (Wildman–Crippen MR) is 77.0 cm³/mol. The number of rotatable bonds is 6. The summed E-state index contributed by atoms with van der Waals surface area (Å²) in [5.74, 6) is 0.699. The van der Waals surface area contributed by atoms with E-state index in [9.17, 15) is 8.42 Å². The molecule has 0 aliphatic carbocycles. The Balaban J connectivity index is 2.15. The molecule has 0 radical (unpaired) electrons. The SMILES string of the molecule is CNC(C)c1cccc(S(=O)(=O)NCc2noc(C)n2)c1. The zero-order valence-electron chi connectivity index (χ0n) is 12.1. The first-order valence-corrected chi connectivity index (χ1v) is 7.97. The molecule has 0 amide bonds. The van der Waals surface area contributed by atoms with Gasteiger partial charge in [-0.1, -0.05) is 17.3 Å². The Bertz CT molecular complexity index is 712. The fraction of sp³-hybridized carbons (Fsp3) is 0.385. The third-order valence-electron chi connectivity index (χ3n) is 3.09. The molecule has 1 heterocycles. The first-order chi connectivity index (χ1) is 9.92. The van der Waals surface area contributed by atoms with Gasteiger partial charge in [0.1, 0.15) is 0 Å². The Morgan fingerprint density at radius 1 is 1.38 bits per heavy atom. The van der Waals surface area contributed by atoms with Crippen LogP contribution < -0.4 is 10.0 Å². The molecule has 7 nitrogen and oxygen atoms in total. The molecule has 0 fully saturated rings. The third-order valence-corrected chi connectivity index (χ3v) is 4.49. The van der Waals surface area contributed by atoms with Gasteiger partial charge in [-0.05, 0) is 31.7 Å². The Labute approximate surface area is 123 Å². The average Bonchev–Trinajstić information content (AvgIpc) is 2.90. The lowest BCUT2D eigenvalue weighted by molar-refractivity contribution is 0.387. The van der Waals surface area contributed by atoms with Crippen molar-refractivity contribution in [3.63, 3.8) is 0 Å². The van der Waals surface area contributed by atoms with Gasteiger partial charge < -0.3 is 9.84 Å². The van der Waals surface area contributed by atoms with Crippen LogP contribution in [-0.4, -0.2) is 25.6 Å². The van der Waals surface area contributed by atoms with Crippen LogP contribution in [0.15, 0.2) is 33.7 Å². The summed E-state index contributed by atoms with van der Waals surface area (Å²) in [7, 11) is -1.79. The van der Waals surface area contributed by atoms with E-state index >= 15 is 0 Å². The van der Waals surface area contributed by atoms with Crippen LogP contribution in [0.2, 0.25) is 0 Å². The zero-order chi connectivity index (χ0) is 15.5. The molecule has 0 bridgehead atoms. The summed E-state index contributed by atoms with van der Waals surface area (Å²) in [5, 5.41) is 6.72. The van der Waals surface area contributed by atoms with Gasteiger partial charge in [-0.3, -0.25) is 0 Å². The van der Waals surface area contributed by atoms with Crippen LogP contribution in [0.25, 0.3) is 0 Å². The van der Waals surface area contributed by atoms with Crippen LogP contribution >= 0.6 is 0 Å². The Morgan fingerprint density at radius 3 is 2.76 bits per heavy atom. The van der Waals surface area contributed by atoms with E-state index in [0.717, 1.165) is 5.56 Å². The zero-order valence-corrected chi connectivity index (χ0v) is 12.9. The predicted octanol–water partition coefficient (Wildman–Crippen LogP) is 1.14. The number of nitrogens with zero attached hydrogens (tertiary/aromatic N) is 2. The first kappa shape index (κ1) is 15.6. The minimum Gasteiger partial charge on any atom is -0.340 e. The molecular formula is C13H18N4O3S. The highest BCUT2D eigenvalue weighted by molar-refractivity contribution is 7.89. The highest BCUT2D eigenvalue weighted by Gasteiger charge is 2.16. The molecule has 0 aliphatic rings. The molecule has 1 atom stereocenters. The summed E-state index contributed by atoms with van der Waals surface area (Å²) in [5.41, 5.74) is 0.899. The summed E-state index contributed by atoms with van der Waals surface area (Å²) < 4.78 is 31.8. The molecule has 1 aromatic carbocycles. The number of hydrogen-bond acceptors (Lipinski definition) is 6. The molecule has 0 aliphatic heterocycles. The highest BCUT2D eigenvalue weighted by Crippen LogP contribution is 2.17. The summed E-state index contributed by atoms with van der Waals surface area (Å²) in [6, 6.07) is 6.86. The Kier molecular flexibility index (Phi) is 4.71. The minimum atomic E-state index is -3.61. The summed E-state index contributed by atoms with van der Waals surface area (Å²) in [6.07, 6.45) is 0. The number of aromatic nitrogens is 2. The van der Waals surface area contributed by atoms with Crippen molar-refractivity contribution < 1.29 is 12.9 Å². The quantitative estimate of drug-likeness (QED) is 0.830. The van der Waals surface area contributed by atoms with Crippen LogP contribution in [0.5, 0.6) is 0 Å². The van der Waals surface area contributed by atoms with Crippen LogP contribution in [0.4, 0.5) is 0 Å². The third kappa shape index (κ3) is 3.87. The second kappa shape index (κ2) is 6.33. The van der Waals surface area contributed by atoms with Crippen molar-refractivity contribution >= 4 is 10.0 Å². The number of benzene rings is 1. The van der Waals surface area contributed by atoms with E-state index in [1.807, 2.05) is 20.0 Å². The summed E-state index contributed by atoms with van der Waals surface area (Å²) in [4.78, 5) is 4.16. The fourth-order valence-corrected chi connectivity index (χ4v) is 2.81. The van der Waals surface area contributed by atoms with Crippen LogP contribution in [0, 0.1) is 6.92 Å². The molecule has 2 rings (SSSR count). The molecule has 1 aromatic heterocycles. The lowest BCUT2D eigenvalue weighted by Gasteiger charge is -2.12. The summed E-state index contributed by atoms with van der Waals surface area (Å²) in [6.45, 7) is 3.60. The molecule has 2 N–H and O–H groups in total. The molecule has 114 valence electrons. The second-order valence-electron chi connectivity index (χ2n) is 4.64. The molecule has 2 aromatic rings. The van der Waals surface area contributed by atoms with Gasteiger partial charge in [-0.2, -0.15) is 4.98 Å². The van der Waals surface area contributed by atoms with Crippen molar-refractivity contribution in [2.75, 3.05) is 7.05 Å². The standard InChI is InChI=1S/C13H18N4O3S/c1-9(14-3)11-5-4-6-12(7-11)21(18,19)15-8-13-16-10(2)20-17-13/h4-7,9,14-15H,8H2,1-3H3. The highest BCUT2D eigenvalue weighted by atomic mass is 32.2. The van der Waals surface area contributed by atoms with Crippen LogP contribution in [-0.2, 0) is 16.6 Å². The lowest BCUT2D eigenvalue weighted by atomic mass is 10.1. The molecule has 1 unspecified atom stereocenters. The van der Waals surface area contributed by atoms with E-state index in [4.69, 9.17) is 4.52 Å². The normalized spacial score (nSPS) is 13.3. The number of nitrogens with one attached hydrogen (secondary N) is 2. The maximum atomic E-state index is 12.3. The fourth-order valence-electron chi connectivity index (χ4n) is 1.77. The Morgan fingerprint density at radius 2 is 2.14 bits per heavy atom. The van der Waals surface area contributed by atoms with E-state index in [0.29, 0.717) is 11.7 Å². The minimum absolute atomic E-state index is 0.00845. The topological polar surface area (TPSA) is 97.1 Å². The number of aryl methyl sites for hydroxylation is 1. The maximum Gasteiger partial charge on any atom is 0.240 e. The molecule has 0 saturated heterocycles. The van der Waals surface area contributed by atoms with Crippen LogP contribution in [0.3, 0.4) is 0 Å². The van der Waals surface area contributed by atoms with Crippen molar-refractivity contribution in [1.82, 2.24) is 20.2 Å². The smallest absolute Gasteiger partial charge is 0.240 e. The average molecular weight is 310 g/mol. The lowest BCUT2D eigenvalue weighted by Crippen LogP contribution is -2.24. The maximum absolute atomic E-state index is 12.3. The van der Waals surface area contributed by atoms with Gasteiger partial charge in [-0.15, -0.1) is 0 Å². The van der Waals surface area contributed by atoms with E-state index in [1.54, 1.807) is 25.1 Å². The number of hydrogen-bond donors (Lipinski definition) is 2. The molecule has 0 saturated carbocycles. The number of sulfonamides is 1. The van der Waals surface area contributed by atoms with Gasteiger partial charge in [0.15, 0.2) is 5.82 Å². The van der Waals surface area contributed by atoms with Gasteiger partial charge in [-0.25, -0.2) is 13.1 Å². The first-order valence-electron chi connectivity index (χ1n) is 6.48. The van der Waals surface area contributed by atoms with Crippen molar-refractivity contribution in [2.45, 2.75) is 31.3 Å². The van der Waals surface area contributed by atoms with Crippen molar-refractivity contribution in [1.29, 1.82) is 0 Å². The second-order valence-corrected chi connectivity index (χ2v) is 6.40. The van der Waals surface area contributed by atoms with Crippen molar-refractivity contribution in [3.05, 3.63) is 41.5 Å². The van der Waals surface area contributed by atoms with E-state index in [-0.39, 0.29) is 17.5 Å². The summed E-state index contributed by atoms with van der Waals surface area (Å²) >= 11 is 0. The van der Waals surface area contributed by atoms with Gasteiger partial charge in [0, 0.05) is 13.0 Å². The largest absolute Gasteiger partial charge is 0.340 e. The Hall–Kier alpha value is -1.77. The van der Waals surface area contributed by atoms with Gasteiger partial charge in [0.05, 0.1) is 11.4 Å². The van der Waals surface area contributed by atoms with Gasteiger partial charge in [0.2, 0.25) is 15.9 Å². The molecule has 0 spiro atoms. The monoisotopic (exact) mass is 310 g/mol. The van der Waals surface area contributed by atoms with E-state index in [1.165, 1.54) is 0 Å².